The quantitative estimate of drug-likeness (QED) is 0.489. The predicted molar refractivity (Wildman–Crippen MR) is 147 cm³/mol. The molecule has 0 unspecified atom stereocenters. The molecule has 7 heteroatoms. The van der Waals surface area contributed by atoms with E-state index in [-0.39, 0.29) is 45.1 Å². The lowest BCUT2D eigenvalue weighted by Gasteiger charge is -2.36. The summed E-state index contributed by atoms with van der Waals surface area (Å²) in [5.41, 5.74) is 5.79. The average Bonchev–Trinajstić information content (AvgIpc) is 3.54. The molecule has 2 fully saturated rings. The Balaban J connectivity index is 0.000000152. The van der Waals surface area contributed by atoms with E-state index in [1.165, 1.54) is 30.3 Å². The standard InChI is InChI=1S/C19H23FN2O.C12H18N2O/c1-18(2)13-9-10-19(18,3)16-15(13)17(23)22(21(16)4)11-12-7-5-6-8-14(12)20;1-11(2)7-5-6-12(11,3)9-8(7)10(15)13-14(9)4/h5-8,13H,9-11H2,1-4H3;7H,5-6H2,1-4H3,(H,13,15)/t13-,19+;7-,12+/m11/s1. The van der Waals surface area contributed by atoms with Crippen molar-refractivity contribution in [3.8, 4) is 0 Å². The summed E-state index contributed by atoms with van der Waals surface area (Å²) in [5.74, 6) is 0.529. The van der Waals surface area contributed by atoms with Crippen LogP contribution in [0.2, 0.25) is 0 Å². The number of benzene rings is 1. The minimum atomic E-state index is -0.254. The molecule has 2 saturated carbocycles. The van der Waals surface area contributed by atoms with Crippen LogP contribution in [0.25, 0.3) is 0 Å². The van der Waals surface area contributed by atoms with E-state index in [2.05, 4.69) is 46.6 Å². The van der Waals surface area contributed by atoms with Gasteiger partial charge in [0.2, 0.25) is 0 Å². The molecule has 4 atom stereocenters. The molecule has 0 aliphatic heterocycles. The molecule has 4 aliphatic carbocycles. The number of hydrogen-bond acceptors (Lipinski definition) is 2. The third kappa shape index (κ3) is 2.83. The second-order valence-electron chi connectivity index (χ2n) is 13.8. The zero-order chi connectivity index (χ0) is 27.6. The topological polar surface area (TPSA) is 64.7 Å². The highest BCUT2D eigenvalue weighted by atomic mass is 19.1. The van der Waals surface area contributed by atoms with Gasteiger partial charge in [0.15, 0.2) is 0 Å². The first-order valence-electron chi connectivity index (χ1n) is 14.0. The molecule has 0 radical (unpaired) electrons. The molecule has 204 valence electrons. The van der Waals surface area contributed by atoms with Gasteiger partial charge in [0.05, 0.1) is 12.2 Å². The molecule has 1 aromatic carbocycles. The first-order valence-corrected chi connectivity index (χ1v) is 14.0. The molecule has 4 bridgehead atoms. The summed E-state index contributed by atoms with van der Waals surface area (Å²) in [4.78, 5) is 24.9. The molecule has 0 amide bonds. The van der Waals surface area contributed by atoms with Gasteiger partial charge < -0.3 is 0 Å². The van der Waals surface area contributed by atoms with E-state index in [1.54, 1.807) is 16.8 Å². The molecule has 38 heavy (non-hydrogen) atoms. The van der Waals surface area contributed by atoms with Crippen LogP contribution in [0.15, 0.2) is 33.9 Å². The fraction of sp³-hybridized carbons (Fsp3) is 0.613. The van der Waals surface area contributed by atoms with Gasteiger partial charge in [-0.15, -0.1) is 0 Å². The maximum absolute atomic E-state index is 14.0. The largest absolute Gasteiger partial charge is 0.291 e. The van der Waals surface area contributed by atoms with Crippen molar-refractivity contribution in [2.75, 3.05) is 0 Å². The lowest BCUT2D eigenvalue weighted by molar-refractivity contribution is 0.215. The second-order valence-corrected chi connectivity index (χ2v) is 13.8. The number of halogens is 1. The van der Waals surface area contributed by atoms with Gasteiger partial charge in [-0.2, -0.15) is 0 Å². The van der Waals surface area contributed by atoms with Crippen LogP contribution in [-0.4, -0.2) is 19.1 Å². The fourth-order valence-corrected chi connectivity index (χ4v) is 9.01. The monoisotopic (exact) mass is 520 g/mol. The van der Waals surface area contributed by atoms with Crippen molar-refractivity contribution in [1.29, 1.82) is 0 Å². The van der Waals surface area contributed by atoms with E-state index in [9.17, 15) is 14.0 Å². The molecule has 7 rings (SSSR count). The number of hydrogen-bond donors (Lipinski definition) is 1. The molecule has 1 N–H and O–H groups in total. The Morgan fingerprint density at radius 2 is 1.42 bits per heavy atom. The molecule has 3 aromatic rings. The van der Waals surface area contributed by atoms with E-state index in [0.717, 1.165) is 24.0 Å². The third-order valence-electron chi connectivity index (χ3n) is 12.0. The number of H-pyrrole nitrogens is 1. The van der Waals surface area contributed by atoms with Crippen LogP contribution in [0.1, 0.15) is 107 Å². The van der Waals surface area contributed by atoms with Crippen LogP contribution in [0, 0.1) is 16.6 Å². The zero-order valence-corrected chi connectivity index (χ0v) is 24.0. The predicted octanol–water partition coefficient (Wildman–Crippen LogP) is 5.44. The van der Waals surface area contributed by atoms with Crippen molar-refractivity contribution < 1.29 is 4.39 Å². The van der Waals surface area contributed by atoms with Crippen molar-refractivity contribution in [3.05, 3.63) is 78.9 Å². The van der Waals surface area contributed by atoms with Crippen LogP contribution >= 0.6 is 0 Å². The van der Waals surface area contributed by atoms with E-state index in [0.29, 0.717) is 17.4 Å². The summed E-state index contributed by atoms with van der Waals surface area (Å²) in [6, 6.07) is 6.69. The Hall–Kier alpha value is -2.83. The van der Waals surface area contributed by atoms with E-state index in [4.69, 9.17) is 0 Å². The zero-order valence-electron chi connectivity index (χ0n) is 24.0. The van der Waals surface area contributed by atoms with Crippen LogP contribution in [0.5, 0.6) is 0 Å². The van der Waals surface area contributed by atoms with E-state index >= 15 is 0 Å². The van der Waals surface area contributed by atoms with E-state index < -0.39 is 0 Å². The highest BCUT2D eigenvalue weighted by Gasteiger charge is 2.63. The molecule has 2 heterocycles. The van der Waals surface area contributed by atoms with Crippen molar-refractivity contribution >= 4 is 0 Å². The van der Waals surface area contributed by atoms with Gasteiger partial charge in [0, 0.05) is 47.3 Å². The third-order valence-corrected chi connectivity index (χ3v) is 12.0. The van der Waals surface area contributed by atoms with Crippen LogP contribution in [0.3, 0.4) is 0 Å². The minimum absolute atomic E-state index is 0.0292. The number of aromatic nitrogens is 4. The summed E-state index contributed by atoms with van der Waals surface area (Å²) in [6.07, 6.45) is 4.58. The maximum Gasteiger partial charge on any atom is 0.270 e. The maximum atomic E-state index is 14.0. The van der Waals surface area contributed by atoms with Crippen molar-refractivity contribution in [2.24, 2.45) is 24.9 Å². The Kier molecular flexibility index (Phi) is 5.11. The van der Waals surface area contributed by atoms with Gasteiger partial charge in [0.25, 0.3) is 11.1 Å². The highest BCUT2D eigenvalue weighted by molar-refractivity contribution is 5.46. The van der Waals surface area contributed by atoms with Crippen LogP contribution in [0.4, 0.5) is 4.39 Å². The number of nitrogens with one attached hydrogen (secondary N) is 1. The SMILES string of the molecule is Cn1[nH]c(=O)c2c1[C@]1(C)CC[C@H]2C1(C)C.Cn1c2c(c(=O)n1Cc1ccccc1F)[C@H]1CC[C@]2(C)C1(C)C. The summed E-state index contributed by atoms with van der Waals surface area (Å²) in [6.45, 7) is 14.1. The first kappa shape index (κ1) is 25.4. The molecular formula is C31H41FN4O2. The normalized spacial score (nSPS) is 30.8. The second kappa shape index (κ2) is 7.64. The first-order chi connectivity index (χ1) is 17.7. The van der Waals surface area contributed by atoms with Gasteiger partial charge in [-0.05, 0) is 54.4 Å². The Morgan fingerprint density at radius 1 is 0.868 bits per heavy atom. The van der Waals surface area contributed by atoms with E-state index in [1.807, 2.05) is 29.5 Å². The molecule has 4 aliphatic rings. The summed E-state index contributed by atoms with van der Waals surface area (Å²) < 4.78 is 19.6. The van der Waals surface area contributed by atoms with Gasteiger partial charge >= 0.3 is 0 Å². The number of nitrogens with zero attached hydrogens (tertiary/aromatic N) is 3. The van der Waals surface area contributed by atoms with Crippen LogP contribution < -0.4 is 11.1 Å². The van der Waals surface area contributed by atoms with Gasteiger partial charge in [-0.3, -0.25) is 24.1 Å². The molecule has 6 nitrogen and oxygen atoms in total. The highest BCUT2D eigenvalue weighted by Crippen LogP contribution is 2.67. The Bertz CT molecular complexity index is 1580. The van der Waals surface area contributed by atoms with Crippen molar-refractivity contribution in [3.63, 3.8) is 0 Å². The molecular weight excluding hydrogens is 479 g/mol. The summed E-state index contributed by atoms with van der Waals surface area (Å²) in [7, 11) is 3.91. The van der Waals surface area contributed by atoms with Gasteiger partial charge in [0.1, 0.15) is 5.82 Å². The number of aryl methyl sites for hydroxylation is 1. The molecule has 0 saturated heterocycles. The van der Waals surface area contributed by atoms with Crippen molar-refractivity contribution in [1.82, 2.24) is 19.1 Å². The average molecular weight is 521 g/mol. The lowest BCUT2D eigenvalue weighted by Crippen LogP contribution is -2.35. The molecule has 2 aromatic heterocycles. The fourth-order valence-electron chi connectivity index (χ4n) is 9.01. The lowest BCUT2D eigenvalue weighted by atomic mass is 9.70. The number of rotatable bonds is 2. The smallest absolute Gasteiger partial charge is 0.270 e. The Morgan fingerprint density at radius 3 is 1.97 bits per heavy atom. The minimum Gasteiger partial charge on any atom is -0.291 e. The summed E-state index contributed by atoms with van der Waals surface area (Å²) >= 11 is 0. The van der Waals surface area contributed by atoms with Crippen molar-refractivity contribution in [2.45, 2.75) is 96.4 Å². The number of aromatic amines is 1. The number of fused-ring (bicyclic) bond motifs is 10. The van der Waals surface area contributed by atoms with Crippen LogP contribution in [-0.2, 0) is 31.5 Å². The van der Waals surface area contributed by atoms with Gasteiger partial charge in [-0.1, -0.05) is 59.7 Å². The molecule has 0 spiro atoms. The summed E-state index contributed by atoms with van der Waals surface area (Å²) in [5, 5.41) is 2.90. The Labute approximate surface area is 223 Å². The van der Waals surface area contributed by atoms with Gasteiger partial charge in [-0.25, -0.2) is 9.07 Å².